The van der Waals surface area contributed by atoms with E-state index in [1.165, 1.54) is 0 Å². The zero-order valence-corrected chi connectivity index (χ0v) is 9.96. The van der Waals surface area contributed by atoms with Gasteiger partial charge in [0.2, 0.25) is 5.91 Å². The van der Waals surface area contributed by atoms with Crippen molar-refractivity contribution in [1.29, 1.82) is 0 Å². The van der Waals surface area contributed by atoms with Crippen molar-refractivity contribution in [3.8, 4) is 0 Å². The third-order valence-corrected chi connectivity index (χ3v) is 2.64. The van der Waals surface area contributed by atoms with Crippen molar-refractivity contribution in [3.63, 3.8) is 0 Å². The number of hydrogen-bond donors (Lipinski definition) is 2. The largest absolute Gasteiger partial charge is 0.382 e. The average Bonchev–Trinajstić information content (AvgIpc) is 2.76. The maximum atomic E-state index is 11.5. The third kappa shape index (κ3) is 6.05. The number of amides is 1. The van der Waals surface area contributed by atoms with Gasteiger partial charge < -0.3 is 20.1 Å². The van der Waals surface area contributed by atoms with Crippen molar-refractivity contribution >= 4 is 5.91 Å². The second kappa shape index (κ2) is 8.50. The lowest BCUT2D eigenvalue weighted by Crippen LogP contribution is -2.29. The maximum Gasteiger partial charge on any atom is 0.220 e. The van der Waals surface area contributed by atoms with Gasteiger partial charge in [-0.15, -0.1) is 0 Å². The summed E-state index contributed by atoms with van der Waals surface area (Å²) >= 11 is 0. The molecule has 1 amide bonds. The summed E-state index contributed by atoms with van der Waals surface area (Å²) in [5.74, 6) is 0.637. The van der Waals surface area contributed by atoms with Crippen molar-refractivity contribution in [3.05, 3.63) is 0 Å². The molecule has 0 spiro atoms. The Hall–Kier alpha value is -0.650. The fraction of sp³-hybridized carbons (Fsp3) is 0.909. The molecule has 1 aliphatic rings. The Bertz CT molecular complexity index is 194. The molecule has 1 rings (SSSR count). The van der Waals surface area contributed by atoms with Gasteiger partial charge in [-0.05, 0) is 25.4 Å². The summed E-state index contributed by atoms with van der Waals surface area (Å²) in [6.45, 7) is 4.33. The summed E-state index contributed by atoms with van der Waals surface area (Å²) in [6.07, 6.45) is 1.74. The molecule has 16 heavy (non-hydrogen) atoms. The lowest BCUT2D eigenvalue weighted by Gasteiger charge is -2.09. The average molecular weight is 230 g/mol. The summed E-state index contributed by atoms with van der Waals surface area (Å²) < 4.78 is 10.1. The summed E-state index contributed by atoms with van der Waals surface area (Å²) in [5.41, 5.74) is 0. The Kier molecular flexibility index (Phi) is 7.12. The lowest BCUT2D eigenvalue weighted by atomic mass is 10.0. The first-order valence-corrected chi connectivity index (χ1v) is 5.87. The van der Waals surface area contributed by atoms with E-state index in [2.05, 4.69) is 10.6 Å². The molecule has 0 radical (unpaired) electrons. The van der Waals surface area contributed by atoms with E-state index in [4.69, 9.17) is 9.47 Å². The van der Waals surface area contributed by atoms with Crippen LogP contribution in [0, 0.1) is 5.92 Å². The molecule has 0 bridgehead atoms. The van der Waals surface area contributed by atoms with Crippen molar-refractivity contribution in [2.75, 3.05) is 46.6 Å². The monoisotopic (exact) mass is 230 g/mol. The first kappa shape index (κ1) is 13.4. The molecule has 94 valence electrons. The molecule has 1 fully saturated rings. The molecule has 5 nitrogen and oxygen atoms in total. The fourth-order valence-corrected chi connectivity index (χ4v) is 1.73. The van der Waals surface area contributed by atoms with E-state index in [0.29, 0.717) is 38.7 Å². The molecule has 1 aliphatic heterocycles. The first-order valence-electron chi connectivity index (χ1n) is 5.87. The zero-order valence-electron chi connectivity index (χ0n) is 9.96. The van der Waals surface area contributed by atoms with E-state index in [1.54, 1.807) is 7.11 Å². The standard InChI is InChI=1S/C11H22N2O3/c1-15-6-7-16-5-4-13-11(14)8-10-2-3-12-9-10/h10,12H,2-9H2,1H3,(H,13,14). The number of methoxy groups -OCH3 is 1. The van der Waals surface area contributed by atoms with Crippen LogP contribution in [-0.4, -0.2) is 52.5 Å². The van der Waals surface area contributed by atoms with Crippen LogP contribution in [-0.2, 0) is 14.3 Å². The lowest BCUT2D eigenvalue weighted by molar-refractivity contribution is -0.122. The minimum atomic E-state index is 0.129. The van der Waals surface area contributed by atoms with E-state index >= 15 is 0 Å². The van der Waals surface area contributed by atoms with Gasteiger partial charge in [-0.1, -0.05) is 0 Å². The second-order valence-corrected chi connectivity index (χ2v) is 4.02. The highest BCUT2D eigenvalue weighted by molar-refractivity contribution is 5.76. The summed E-state index contributed by atoms with van der Waals surface area (Å²) in [4.78, 5) is 11.5. The Morgan fingerprint density at radius 3 is 3.00 bits per heavy atom. The predicted molar refractivity (Wildman–Crippen MR) is 61.3 cm³/mol. The number of nitrogens with one attached hydrogen (secondary N) is 2. The molecule has 1 heterocycles. The summed E-state index contributed by atoms with van der Waals surface area (Å²) in [6, 6.07) is 0. The smallest absolute Gasteiger partial charge is 0.220 e. The normalized spacial score (nSPS) is 19.9. The first-order chi connectivity index (χ1) is 7.83. The summed E-state index contributed by atoms with van der Waals surface area (Å²) in [7, 11) is 1.64. The molecule has 0 aromatic heterocycles. The molecular formula is C11H22N2O3. The van der Waals surface area contributed by atoms with E-state index in [0.717, 1.165) is 19.5 Å². The third-order valence-electron chi connectivity index (χ3n) is 2.64. The van der Waals surface area contributed by atoms with Crippen LogP contribution in [0.3, 0.4) is 0 Å². The van der Waals surface area contributed by atoms with Crippen LogP contribution in [0.2, 0.25) is 0 Å². The van der Waals surface area contributed by atoms with Gasteiger partial charge in [0.05, 0.1) is 19.8 Å². The molecule has 0 saturated carbocycles. The maximum absolute atomic E-state index is 11.5. The van der Waals surface area contributed by atoms with Gasteiger partial charge in [0.15, 0.2) is 0 Å². The minimum absolute atomic E-state index is 0.129. The van der Waals surface area contributed by atoms with Crippen LogP contribution >= 0.6 is 0 Å². The highest BCUT2D eigenvalue weighted by Gasteiger charge is 2.17. The van der Waals surface area contributed by atoms with Crippen LogP contribution in [0.4, 0.5) is 0 Å². The fourth-order valence-electron chi connectivity index (χ4n) is 1.73. The highest BCUT2D eigenvalue weighted by atomic mass is 16.5. The predicted octanol–water partition coefficient (Wildman–Crippen LogP) is -0.235. The number of ether oxygens (including phenoxy) is 2. The molecule has 0 aromatic carbocycles. The molecule has 1 unspecified atom stereocenters. The molecular weight excluding hydrogens is 208 g/mol. The van der Waals surface area contributed by atoms with E-state index < -0.39 is 0 Å². The van der Waals surface area contributed by atoms with Gasteiger partial charge in [0.25, 0.3) is 0 Å². The second-order valence-electron chi connectivity index (χ2n) is 4.02. The Balaban J connectivity index is 1.89. The van der Waals surface area contributed by atoms with Gasteiger partial charge in [-0.2, -0.15) is 0 Å². The topological polar surface area (TPSA) is 59.6 Å². The van der Waals surface area contributed by atoms with Gasteiger partial charge in [-0.25, -0.2) is 0 Å². The van der Waals surface area contributed by atoms with E-state index in [-0.39, 0.29) is 5.91 Å². The van der Waals surface area contributed by atoms with Crippen LogP contribution in [0.1, 0.15) is 12.8 Å². The van der Waals surface area contributed by atoms with Crippen LogP contribution in [0.25, 0.3) is 0 Å². The van der Waals surface area contributed by atoms with Crippen LogP contribution in [0.15, 0.2) is 0 Å². The van der Waals surface area contributed by atoms with E-state index in [1.807, 2.05) is 0 Å². The van der Waals surface area contributed by atoms with Gasteiger partial charge in [0, 0.05) is 20.1 Å². The van der Waals surface area contributed by atoms with E-state index in [9.17, 15) is 4.79 Å². The number of carbonyl (C=O) groups excluding carboxylic acids is 1. The van der Waals surface area contributed by atoms with Crippen LogP contribution in [0.5, 0.6) is 0 Å². The zero-order chi connectivity index (χ0) is 11.6. The molecule has 5 heteroatoms. The molecule has 2 N–H and O–H groups in total. The quantitative estimate of drug-likeness (QED) is 0.565. The van der Waals surface area contributed by atoms with Gasteiger partial charge in [-0.3, -0.25) is 4.79 Å². The number of hydrogen-bond acceptors (Lipinski definition) is 4. The van der Waals surface area contributed by atoms with Crippen molar-refractivity contribution < 1.29 is 14.3 Å². The van der Waals surface area contributed by atoms with Crippen molar-refractivity contribution in [1.82, 2.24) is 10.6 Å². The van der Waals surface area contributed by atoms with Gasteiger partial charge in [0.1, 0.15) is 0 Å². The molecule has 0 aromatic rings. The molecule has 0 aliphatic carbocycles. The SMILES string of the molecule is COCCOCCNC(=O)CC1CCNC1. The Labute approximate surface area is 96.9 Å². The van der Waals surface area contributed by atoms with Crippen molar-refractivity contribution in [2.24, 2.45) is 5.92 Å². The Morgan fingerprint density at radius 2 is 2.31 bits per heavy atom. The highest BCUT2D eigenvalue weighted by Crippen LogP contribution is 2.11. The Morgan fingerprint density at radius 1 is 1.44 bits per heavy atom. The molecule has 1 saturated heterocycles. The van der Waals surface area contributed by atoms with Crippen LogP contribution < -0.4 is 10.6 Å². The van der Waals surface area contributed by atoms with Crippen molar-refractivity contribution in [2.45, 2.75) is 12.8 Å². The number of rotatable bonds is 8. The minimum Gasteiger partial charge on any atom is -0.382 e. The molecule has 1 atom stereocenters. The van der Waals surface area contributed by atoms with Gasteiger partial charge >= 0.3 is 0 Å². The summed E-state index contributed by atoms with van der Waals surface area (Å²) in [5, 5.41) is 6.10. The number of carbonyl (C=O) groups is 1.